The van der Waals surface area contributed by atoms with Crippen LogP contribution in [0.2, 0.25) is 0 Å². The molecule has 2 rings (SSSR count). The number of aliphatic hydroxyl groups is 1. The van der Waals surface area contributed by atoms with Crippen LogP contribution in [0.1, 0.15) is 38.5 Å². The molecular weight excluding hydrogens is 272 g/mol. The maximum Gasteiger partial charge on any atom is 0.404 e. The summed E-state index contributed by atoms with van der Waals surface area (Å²) in [4.78, 5) is 12.9. The van der Waals surface area contributed by atoms with Crippen molar-refractivity contribution in [2.45, 2.75) is 50.7 Å². The van der Waals surface area contributed by atoms with Gasteiger partial charge in [-0.2, -0.15) is 0 Å². The van der Waals surface area contributed by atoms with Gasteiger partial charge in [-0.05, 0) is 12.3 Å². The van der Waals surface area contributed by atoms with Crippen LogP contribution in [0.25, 0.3) is 0 Å². The van der Waals surface area contributed by atoms with Crippen molar-refractivity contribution in [1.29, 1.82) is 0 Å². The van der Waals surface area contributed by atoms with E-state index in [1.54, 1.807) is 0 Å². The molecule has 1 saturated carbocycles. The van der Waals surface area contributed by atoms with Gasteiger partial charge in [0.2, 0.25) is 0 Å². The van der Waals surface area contributed by atoms with Crippen molar-refractivity contribution in [1.82, 2.24) is 10.2 Å². The zero-order valence-electron chi connectivity index (χ0n) is 12.7. The van der Waals surface area contributed by atoms with Gasteiger partial charge in [-0.15, -0.1) is 0 Å². The van der Waals surface area contributed by atoms with Crippen LogP contribution in [0.15, 0.2) is 0 Å². The van der Waals surface area contributed by atoms with E-state index in [1.807, 2.05) is 0 Å². The predicted molar refractivity (Wildman–Crippen MR) is 79.4 cm³/mol. The van der Waals surface area contributed by atoms with Gasteiger partial charge in [-0.25, -0.2) is 4.79 Å². The van der Waals surface area contributed by atoms with E-state index in [1.165, 1.54) is 32.1 Å². The molecule has 6 nitrogen and oxygen atoms in total. The van der Waals surface area contributed by atoms with E-state index >= 15 is 0 Å². The van der Waals surface area contributed by atoms with Crippen molar-refractivity contribution in [3.05, 3.63) is 0 Å². The number of ether oxygens (including phenoxy) is 1. The van der Waals surface area contributed by atoms with E-state index < -0.39 is 12.2 Å². The van der Waals surface area contributed by atoms with Crippen molar-refractivity contribution in [3.63, 3.8) is 0 Å². The molecule has 2 fully saturated rings. The van der Waals surface area contributed by atoms with Gasteiger partial charge in [0.15, 0.2) is 0 Å². The van der Waals surface area contributed by atoms with Crippen molar-refractivity contribution in [3.8, 4) is 0 Å². The highest BCUT2D eigenvalue weighted by molar-refractivity contribution is 5.64. The molecule has 0 aromatic heterocycles. The highest BCUT2D eigenvalue weighted by atomic mass is 16.5. The zero-order chi connectivity index (χ0) is 15.1. The minimum absolute atomic E-state index is 0.0313. The number of nitrogens with zero attached hydrogens (tertiary/aromatic N) is 1. The molecule has 1 saturated heterocycles. The normalized spacial score (nSPS) is 24.4. The number of morpholine rings is 1. The van der Waals surface area contributed by atoms with Crippen LogP contribution in [0.5, 0.6) is 0 Å². The summed E-state index contributed by atoms with van der Waals surface area (Å²) in [6.45, 7) is 3.13. The van der Waals surface area contributed by atoms with E-state index in [0.717, 1.165) is 19.5 Å². The summed E-state index contributed by atoms with van der Waals surface area (Å²) in [5.74, 6) is 0.658. The predicted octanol–water partition coefficient (Wildman–Crippen LogP) is 1.29. The second-order valence-electron chi connectivity index (χ2n) is 6.21. The van der Waals surface area contributed by atoms with Crippen molar-refractivity contribution in [2.24, 2.45) is 5.92 Å². The number of hydrogen-bond donors (Lipinski definition) is 3. The van der Waals surface area contributed by atoms with Crippen molar-refractivity contribution >= 4 is 6.09 Å². The first-order chi connectivity index (χ1) is 10.2. The van der Waals surface area contributed by atoms with Gasteiger partial charge in [-0.3, -0.25) is 4.90 Å². The molecule has 1 amide bonds. The summed E-state index contributed by atoms with van der Waals surface area (Å²) in [7, 11) is 0. The number of carbonyl (C=O) groups is 1. The fourth-order valence-corrected chi connectivity index (χ4v) is 3.55. The highest BCUT2D eigenvalue weighted by Crippen LogP contribution is 2.29. The smallest absolute Gasteiger partial charge is 0.404 e. The number of aliphatic hydroxyl groups excluding tert-OH is 1. The molecule has 2 atom stereocenters. The topological polar surface area (TPSA) is 82.0 Å². The molecule has 1 heterocycles. The maximum absolute atomic E-state index is 10.6. The van der Waals surface area contributed by atoms with Crippen LogP contribution in [0.4, 0.5) is 4.79 Å². The Balaban J connectivity index is 1.92. The zero-order valence-corrected chi connectivity index (χ0v) is 12.7. The first-order valence-corrected chi connectivity index (χ1v) is 8.13. The molecule has 2 aliphatic rings. The molecule has 0 aromatic carbocycles. The number of nitrogens with one attached hydrogen (secondary N) is 1. The third-order valence-corrected chi connectivity index (χ3v) is 4.72. The molecular formula is C15H28N2O4. The SMILES string of the molecule is O=C(O)NCC(O)C(CC1CCCCC1)N1CCOCC1. The maximum atomic E-state index is 10.6. The first-order valence-electron chi connectivity index (χ1n) is 8.13. The van der Waals surface area contributed by atoms with Crippen LogP contribution in [0.3, 0.4) is 0 Å². The molecule has 1 aliphatic heterocycles. The fraction of sp³-hybridized carbons (Fsp3) is 0.933. The van der Waals surface area contributed by atoms with E-state index in [2.05, 4.69) is 10.2 Å². The molecule has 0 bridgehead atoms. The Morgan fingerprint density at radius 3 is 2.52 bits per heavy atom. The Bertz CT molecular complexity index is 315. The van der Waals surface area contributed by atoms with Crippen LogP contribution in [0, 0.1) is 5.92 Å². The lowest BCUT2D eigenvalue weighted by Gasteiger charge is -2.39. The molecule has 21 heavy (non-hydrogen) atoms. The van der Waals surface area contributed by atoms with E-state index in [4.69, 9.17) is 9.84 Å². The van der Waals surface area contributed by atoms with Gasteiger partial charge in [0.1, 0.15) is 0 Å². The van der Waals surface area contributed by atoms with Gasteiger partial charge in [0, 0.05) is 25.7 Å². The number of carboxylic acid groups (broad SMARTS) is 1. The monoisotopic (exact) mass is 300 g/mol. The standard InChI is InChI=1S/C15H28N2O4/c18-14(11-16-15(19)20)13(17-6-8-21-9-7-17)10-12-4-2-1-3-5-12/h12-14,16,18H,1-11H2,(H,19,20). The lowest BCUT2D eigenvalue weighted by molar-refractivity contribution is -0.0298. The fourth-order valence-electron chi connectivity index (χ4n) is 3.55. The summed E-state index contributed by atoms with van der Waals surface area (Å²) in [5.41, 5.74) is 0. The lowest BCUT2D eigenvalue weighted by atomic mass is 9.83. The van der Waals surface area contributed by atoms with E-state index in [-0.39, 0.29) is 12.6 Å². The largest absolute Gasteiger partial charge is 0.465 e. The molecule has 3 N–H and O–H groups in total. The molecule has 0 radical (unpaired) electrons. The minimum atomic E-state index is -1.08. The Kier molecular flexibility index (Phi) is 6.73. The average Bonchev–Trinajstić information content (AvgIpc) is 2.52. The van der Waals surface area contributed by atoms with Gasteiger partial charge >= 0.3 is 6.09 Å². The Morgan fingerprint density at radius 1 is 1.24 bits per heavy atom. The summed E-state index contributed by atoms with van der Waals surface area (Å²) in [6, 6.07) is 0.0313. The molecule has 1 aliphatic carbocycles. The van der Waals surface area contributed by atoms with E-state index in [9.17, 15) is 9.90 Å². The highest BCUT2D eigenvalue weighted by Gasteiger charge is 2.30. The van der Waals surface area contributed by atoms with Crippen LogP contribution >= 0.6 is 0 Å². The lowest BCUT2D eigenvalue weighted by Crippen LogP contribution is -2.52. The first kappa shape index (κ1) is 16.5. The summed E-state index contributed by atoms with van der Waals surface area (Å²) >= 11 is 0. The Morgan fingerprint density at radius 2 is 1.90 bits per heavy atom. The summed E-state index contributed by atoms with van der Waals surface area (Å²) < 4.78 is 5.38. The quantitative estimate of drug-likeness (QED) is 0.688. The van der Waals surface area contributed by atoms with Crippen LogP contribution in [-0.2, 0) is 4.74 Å². The average molecular weight is 300 g/mol. The van der Waals surface area contributed by atoms with Gasteiger partial charge in [-0.1, -0.05) is 32.1 Å². The number of hydrogen-bond acceptors (Lipinski definition) is 4. The third-order valence-electron chi connectivity index (χ3n) is 4.72. The van der Waals surface area contributed by atoms with Crippen LogP contribution in [-0.4, -0.2) is 66.2 Å². The Labute approximate surface area is 126 Å². The number of amides is 1. The molecule has 122 valence electrons. The molecule has 2 unspecified atom stereocenters. The molecule has 0 aromatic rings. The molecule has 6 heteroatoms. The summed E-state index contributed by atoms with van der Waals surface area (Å²) in [5, 5.41) is 21.5. The van der Waals surface area contributed by atoms with Gasteiger partial charge in [0.25, 0.3) is 0 Å². The van der Waals surface area contributed by atoms with Crippen molar-refractivity contribution in [2.75, 3.05) is 32.8 Å². The van der Waals surface area contributed by atoms with Gasteiger partial charge < -0.3 is 20.3 Å². The van der Waals surface area contributed by atoms with Gasteiger partial charge in [0.05, 0.1) is 19.3 Å². The van der Waals surface area contributed by atoms with E-state index in [0.29, 0.717) is 19.1 Å². The summed E-state index contributed by atoms with van der Waals surface area (Å²) in [6.07, 6.45) is 5.59. The number of rotatable bonds is 6. The second kappa shape index (κ2) is 8.56. The Hall–Kier alpha value is -0.850. The third kappa shape index (κ3) is 5.45. The van der Waals surface area contributed by atoms with Crippen molar-refractivity contribution < 1.29 is 19.7 Å². The second-order valence-corrected chi connectivity index (χ2v) is 6.21. The van der Waals surface area contributed by atoms with Crippen LogP contribution < -0.4 is 5.32 Å². The molecule has 0 spiro atoms. The minimum Gasteiger partial charge on any atom is -0.465 e.